The summed E-state index contributed by atoms with van der Waals surface area (Å²) in [5.74, 6) is 0.815. The normalized spacial score (nSPS) is 18.9. The van der Waals surface area contributed by atoms with Crippen LogP contribution in [-0.4, -0.2) is 73.5 Å². The summed E-state index contributed by atoms with van der Waals surface area (Å²) in [6.07, 6.45) is 1.57. The number of piperidine rings is 1. The molecule has 2 atom stereocenters. The van der Waals surface area contributed by atoms with Crippen molar-refractivity contribution in [3.05, 3.63) is 40.0 Å². The second-order valence-electron chi connectivity index (χ2n) is 7.54. The molecule has 1 aromatic carbocycles. The zero-order valence-electron chi connectivity index (χ0n) is 18.1. The summed E-state index contributed by atoms with van der Waals surface area (Å²) >= 11 is 11.8. The van der Waals surface area contributed by atoms with Gasteiger partial charge in [-0.1, -0.05) is 23.2 Å². The van der Waals surface area contributed by atoms with Crippen LogP contribution in [0.3, 0.4) is 0 Å². The zero-order chi connectivity index (χ0) is 23.1. The average molecular weight is 483 g/mol. The third kappa shape index (κ3) is 6.35. The number of amides is 1. The molecule has 0 aliphatic carbocycles. The predicted molar refractivity (Wildman–Crippen MR) is 126 cm³/mol. The molecule has 1 fully saturated rings. The summed E-state index contributed by atoms with van der Waals surface area (Å²) in [6, 6.07) is 6.46. The summed E-state index contributed by atoms with van der Waals surface area (Å²) in [6.45, 7) is 3.24. The van der Waals surface area contributed by atoms with Crippen molar-refractivity contribution in [2.45, 2.75) is 25.0 Å². The molecule has 2 heterocycles. The molecule has 4 N–H and O–H groups in total. The molecule has 0 spiro atoms. The Morgan fingerprint density at radius 1 is 1.28 bits per heavy atom. The quantitative estimate of drug-likeness (QED) is 0.369. The van der Waals surface area contributed by atoms with E-state index < -0.39 is 0 Å². The van der Waals surface area contributed by atoms with Crippen molar-refractivity contribution in [2.24, 2.45) is 0 Å². The van der Waals surface area contributed by atoms with E-state index in [1.807, 2.05) is 0 Å². The average Bonchev–Trinajstić information content (AvgIpc) is 2.80. The maximum absolute atomic E-state index is 12.9. The molecule has 1 aromatic heterocycles. The first-order valence-corrected chi connectivity index (χ1v) is 11.1. The van der Waals surface area contributed by atoms with Crippen molar-refractivity contribution < 1.29 is 14.3 Å². The summed E-state index contributed by atoms with van der Waals surface area (Å²) in [4.78, 5) is 15.2. The summed E-state index contributed by atoms with van der Waals surface area (Å²) in [5.41, 5.74) is 6.52. The van der Waals surface area contributed by atoms with E-state index in [1.54, 1.807) is 25.3 Å². The highest BCUT2D eigenvalue weighted by Gasteiger charge is 2.31. The lowest BCUT2D eigenvalue weighted by atomic mass is 10.0. The fraction of sp³-hybridized carbons (Fsp3) is 0.476. The molecule has 0 radical (unpaired) electrons. The monoisotopic (exact) mass is 482 g/mol. The zero-order valence-corrected chi connectivity index (χ0v) is 19.6. The molecule has 0 bridgehead atoms. The Bertz CT molecular complexity index is 915. The van der Waals surface area contributed by atoms with E-state index in [9.17, 15) is 4.79 Å². The third-order valence-electron chi connectivity index (χ3n) is 5.42. The Labute approximate surface area is 197 Å². The first kappa shape index (κ1) is 24.3. The standard InChI is InChI=1S/C21H28Cl2N6O3/c1-31-17-11-15(24)14(22)10-13(17)21(30)26-16-6-9-29(12-18(16)32-2)8-3-7-25-20-5-4-19(23)27-28-20/h4-5,10-11,16,18H,3,6-9,12,24H2,1-2H3,(H,25,28)(H,26,30). The summed E-state index contributed by atoms with van der Waals surface area (Å²) in [7, 11) is 3.15. The van der Waals surface area contributed by atoms with Crippen molar-refractivity contribution in [3.8, 4) is 5.75 Å². The van der Waals surface area contributed by atoms with Gasteiger partial charge in [0.05, 0.1) is 35.5 Å². The Morgan fingerprint density at radius 2 is 2.09 bits per heavy atom. The molecule has 3 rings (SSSR count). The van der Waals surface area contributed by atoms with Gasteiger partial charge in [-0.15, -0.1) is 10.2 Å². The molecule has 1 amide bonds. The number of nitrogens with two attached hydrogens (primary N) is 1. The van der Waals surface area contributed by atoms with Gasteiger partial charge >= 0.3 is 0 Å². The van der Waals surface area contributed by atoms with Crippen LogP contribution >= 0.6 is 23.2 Å². The van der Waals surface area contributed by atoms with Crippen molar-refractivity contribution in [1.82, 2.24) is 20.4 Å². The maximum atomic E-state index is 12.9. The number of likely N-dealkylation sites (tertiary alicyclic amines) is 1. The number of nitrogen functional groups attached to an aromatic ring is 1. The van der Waals surface area contributed by atoms with E-state index in [1.165, 1.54) is 13.2 Å². The number of hydrogen-bond donors (Lipinski definition) is 3. The largest absolute Gasteiger partial charge is 0.496 e. The van der Waals surface area contributed by atoms with Crippen molar-refractivity contribution in [3.63, 3.8) is 0 Å². The lowest BCUT2D eigenvalue weighted by Crippen LogP contribution is -2.55. The Balaban J connectivity index is 1.49. The number of carbonyl (C=O) groups is 1. The molecule has 1 aliphatic heterocycles. The highest BCUT2D eigenvalue weighted by atomic mass is 35.5. The van der Waals surface area contributed by atoms with Crippen molar-refractivity contribution >= 4 is 40.6 Å². The first-order valence-electron chi connectivity index (χ1n) is 10.3. The fourth-order valence-corrected chi connectivity index (χ4v) is 3.94. The second-order valence-corrected chi connectivity index (χ2v) is 8.33. The van der Waals surface area contributed by atoms with Crippen LogP contribution in [-0.2, 0) is 4.74 Å². The molecule has 1 saturated heterocycles. The Morgan fingerprint density at radius 3 is 2.78 bits per heavy atom. The van der Waals surface area contributed by atoms with Crippen molar-refractivity contribution in [1.29, 1.82) is 0 Å². The topological polar surface area (TPSA) is 115 Å². The minimum Gasteiger partial charge on any atom is -0.496 e. The highest BCUT2D eigenvalue weighted by Crippen LogP contribution is 2.29. The van der Waals surface area contributed by atoms with E-state index in [-0.39, 0.29) is 18.1 Å². The van der Waals surface area contributed by atoms with Crippen LogP contribution < -0.4 is 21.1 Å². The van der Waals surface area contributed by atoms with Crippen LogP contribution in [0.5, 0.6) is 5.75 Å². The van der Waals surface area contributed by atoms with Crippen LogP contribution in [0.25, 0.3) is 0 Å². The van der Waals surface area contributed by atoms with Gasteiger partial charge in [-0.05, 0) is 37.6 Å². The molecule has 11 heteroatoms. The van der Waals surface area contributed by atoms with Gasteiger partial charge in [0.1, 0.15) is 11.6 Å². The van der Waals surface area contributed by atoms with Gasteiger partial charge in [0.25, 0.3) is 5.91 Å². The minimum atomic E-state index is -0.266. The van der Waals surface area contributed by atoms with Crippen LogP contribution in [0.1, 0.15) is 23.2 Å². The molecule has 9 nitrogen and oxygen atoms in total. The molecule has 0 saturated carbocycles. The maximum Gasteiger partial charge on any atom is 0.255 e. The fourth-order valence-electron chi connectivity index (χ4n) is 3.68. The van der Waals surface area contributed by atoms with Crippen LogP contribution in [0, 0.1) is 0 Å². The lowest BCUT2D eigenvalue weighted by molar-refractivity contribution is 0.00638. The number of nitrogens with one attached hydrogen (secondary N) is 2. The molecule has 1 aliphatic rings. The number of benzene rings is 1. The highest BCUT2D eigenvalue weighted by molar-refractivity contribution is 6.33. The smallest absolute Gasteiger partial charge is 0.255 e. The number of hydrogen-bond acceptors (Lipinski definition) is 8. The molecular formula is C21H28Cl2N6O3. The van der Waals surface area contributed by atoms with Gasteiger partial charge in [0.15, 0.2) is 5.15 Å². The lowest BCUT2D eigenvalue weighted by Gasteiger charge is -2.38. The van der Waals surface area contributed by atoms with E-state index in [0.29, 0.717) is 33.0 Å². The van der Waals surface area contributed by atoms with Gasteiger partial charge in [0, 0.05) is 32.8 Å². The number of ether oxygens (including phenoxy) is 2. The predicted octanol–water partition coefficient (Wildman–Crippen LogP) is 2.70. The molecule has 32 heavy (non-hydrogen) atoms. The van der Waals surface area contributed by atoms with Crippen LogP contribution in [0.4, 0.5) is 11.5 Å². The van der Waals surface area contributed by atoms with Crippen LogP contribution in [0.15, 0.2) is 24.3 Å². The molecule has 2 aromatic rings. The second kappa shape index (κ2) is 11.5. The van der Waals surface area contributed by atoms with Gasteiger partial charge in [0.2, 0.25) is 0 Å². The van der Waals surface area contributed by atoms with E-state index in [2.05, 4.69) is 25.7 Å². The Kier molecular flexibility index (Phi) is 8.75. The number of aromatic nitrogens is 2. The van der Waals surface area contributed by atoms with Gasteiger partial charge in [-0.25, -0.2) is 0 Å². The van der Waals surface area contributed by atoms with Crippen molar-refractivity contribution in [2.75, 3.05) is 51.4 Å². The minimum absolute atomic E-state index is 0.118. The third-order valence-corrected chi connectivity index (χ3v) is 5.94. The van der Waals surface area contributed by atoms with Gasteiger partial charge in [-0.3, -0.25) is 4.79 Å². The number of rotatable bonds is 9. The van der Waals surface area contributed by atoms with E-state index in [4.69, 9.17) is 38.4 Å². The van der Waals surface area contributed by atoms with E-state index in [0.717, 1.165) is 39.0 Å². The van der Waals surface area contributed by atoms with Crippen LogP contribution in [0.2, 0.25) is 10.2 Å². The summed E-state index contributed by atoms with van der Waals surface area (Å²) < 4.78 is 11.0. The molecule has 174 valence electrons. The van der Waals surface area contributed by atoms with Gasteiger partial charge < -0.3 is 30.7 Å². The SMILES string of the molecule is COc1cc(N)c(Cl)cc1C(=O)NC1CCN(CCCNc2ccc(Cl)nn2)CC1OC. The summed E-state index contributed by atoms with van der Waals surface area (Å²) in [5, 5.41) is 14.8. The number of carbonyl (C=O) groups excluding carboxylic acids is 1. The number of halogens is 2. The number of nitrogens with zero attached hydrogens (tertiary/aromatic N) is 3. The van der Waals surface area contributed by atoms with E-state index >= 15 is 0 Å². The Hall–Kier alpha value is -2.33. The number of anilines is 2. The van der Waals surface area contributed by atoms with Gasteiger partial charge in [-0.2, -0.15) is 0 Å². The molecule has 2 unspecified atom stereocenters. The molecular weight excluding hydrogens is 455 g/mol. The first-order chi connectivity index (χ1) is 15.4. The number of methoxy groups -OCH3 is 2.